The molecule has 0 aliphatic carbocycles. The second-order valence-corrected chi connectivity index (χ2v) is 4.56. The number of halogens is 2. The molecule has 82 valence electrons. The Bertz CT molecular complexity index is 480. The first-order valence-corrected chi connectivity index (χ1v) is 6.53. The van der Waals surface area contributed by atoms with Crippen molar-refractivity contribution < 1.29 is 0 Å². The number of rotatable bonds is 2. The molecule has 0 aliphatic heterocycles. The SMILES string of the molecule is CSc1c(Cl)nc(-c2ccccc2)nc1Cl. The molecule has 0 atom stereocenters. The summed E-state index contributed by atoms with van der Waals surface area (Å²) in [6.07, 6.45) is 1.89. The van der Waals surface area contributed by atoms with Gasteiger partial charge >= 0.3 is 0 Å². The Labute approximate surface area is 108 Å². The lowest BCUT2D eigenvalue weighted by Gasteiger charge is -2.05. The van der Waals surface area contributed by atoms with Crippen LogP contribution in [0.25, 0.3) is 11.4 Å². The molecule has 0 saturated carbocycles. The van der Waals surface area contributed by atoms with Crippen LogP contribution in [-0.4, -0.2) is 16.2 Å². The Morgan fingerprint density at radius 2 is 1.56 bits per heavy atom. The maximum atomic E-state index is 6.03. The van der Waals surface area contributed by atoms with Gasteiger partial charge in [0.1, 0.15) is 10.3 Å². The van der Waals surface area contributed by atoms with Crippen LogP contribution in [0, 0.1) is 0 Å². The molecular weight excluding hydrogens is 263 g/mol. The van der Waals surface area contributed by atoms with E-state index < -0.39 is 0 Å². The van der Waals surface area contributed by atoms with Gasteiger partial charge in [-0.15, -0.1) is 11.8 Å². The molecule has 0 bridgehead atoms. The van der Waals surface area contributed by atoms with E-state index in [9.17, 15) is 0 Å². The number of aromatic nitrogens is 2. The highest BCUT2D eigenvalue weighted by Crippen LogP contribution is 2.31. The third-order valence-electron chi connectivity index (χ3n) is 2.02. The zero-order valence-electron chi connectivity index (χ0n) is 8.45. The highest BCUT2D eigenvalue weighted by molar-refractivity contribution is 7.98. The topological polar surface area (TPSA) is 25.8 Å². The number of nitrogens with zero attached hydrogens (tertiary/aromatic N) is 2. The predicted molar refractivity (Wildman–Crippen MR) is 69.3 cm³/mol. The van der Waals surface area contributed by atoms with Gasteiger partial charge in [-0.25, -0.2) is 9.97 Å². The Morgan fingerprint density at radius 3 is 2.06 bits per heavy atom. The molecule has 1 aromatic heterocycles. The summed E-state index contributed by atoms with van der Waals surface area (Å²) in [5.41, 5.74) is 0.902. The van der Waals surface area contributed by atoms with Crippen molar-refractivity contribution in [3.8, 4) is 11.4 Å². The average Bonchev–Trinajstić information content (AvgIpc) is 2.30. The van der Waals surface area contributed by atoms with Crippen LogP contribution in [0.15, 0.2) is 35.2 Å². The first-order valence-electron chi connectivity index (χ1n) is 4.55. The molecule has 5 heteroatoms. The lowest BCUT2D eigenvalue weighted by Crippen LogP contribution is -1.92. The molecule has 0 amide bonds. The number of thioether (sulfide) groups is 1. The quantitative estimate of drug-likeness (QED) is 0.605. The zero-order valence-corrected chi connectivity index (χ0v) is 10.8. The van der Waals surface area contributed by atoms with Crippen LogP contribution in [0.1, 0.15) is 0 Å². The fourth-order valence-electron chi connectivity index (χ4n) is 1.28. The summed E-state index contributed by atoms with van der Waals surface area (Å²) < 4.78 is 0. The highest BCUT2D eigenvalue weighted by Gasteiger charge is 2.11. The molecule has 0 spiro atoms. The Hall–Kier alpha value is -0.770. The minimum Gasteiger partial charge on any atom is -0.215 e. The van der Waals surface area contributed by atoms with Crippen molar-refractivity contribution in [1.29, 1.82) is 0 Å². The van der Waals surface area contributed by atoms with Gasteiger partial charge in [-0.3, -0.25) is 0 Å². The van der Waals surface area contributed by atoms with Crippen molar-refractivity contribution >= 4 is 35.0 Å². The monoisotopic (exact) mass is 270 g/mol. The van der Waals surface area contributed by atoms with Gasteiger partial charge < -0.3 is 0 Å². The van der Waals surface area contributed by atoms with Gasteiger partial charge in [0.25, 0.3) is 0 Å². The van der Waals surface area contributed by atoms with Crippen molar-refractivity contribution in [2.75, 3.05) is 6.26 Å². The standard InChI is InChI=1S/C11H8Cl2N2S/c1-16-8-9(12)14-11(15-10(8)13)7-5-3-2-4-6-7/h2-6H,1H3. The molecule has 1 heterocycles. The summed E-state index contributed by atoms with van der Waals surface area (Å²) in [6, 6.07) is 9.61. The number of hydrogen-bond acceptors (Lipinski definition) is 3. The molecule has 0 N–H and O–H groups in total. The van der Waals surface area contributed by atoms with Gasteiger partial charge in [0.15, 0.2) is 5.82 Å². The van der Waals surface area contributed by atoms with E-state index in [2.05, 4.69) is 9.97 Å². The lowest BCUT2D eigenvalue weighted by atomic mass is 10.2. The zero-order chi connectivity index (χ0) is 11.5. The van der Waals surface area contributed by atoms with Crippen molar-refractivity contribution in [2.24, 2.45) is 0 Å². The Morgan fingerprint density at radius 1 is 1.00 bits per heavy atom. The normalized spacial score (nSPS) is 10.4. The van der Waals surface area contributed by atoms with Crippen molar-refractivity contribution in [3.05, 3.63) is 40.6 Å². The van der Waals surface area contributed by atoms with Crippen molar-refractivity contribution in [2.45, 2.75) is 4.90 Å². The van der Waals surface area contributed by atoms with Crippen LogP contribution in [-0.2, 0) is 0 Å². The van der Waals surface area contributed by atoms with Gasteiger partial charge in [0, 0.05) is 5.56 Å². The molecule has 0 radical (unpaired) electrons. The van der Waals surface area contributed by atoms with Crippen LogP contribution in [0.3, 0.4) is 0 Å². The molecule has 0 fully saturated rings. The van der Waals surface area contributed by atoms with Gasteiger partial charge in [0.05, 0.1) is 4.90 Å². The lowest BCUT2D eigenvalue weighted by molar-refractivity contribution is 1.11. The maximum absolute atomic E-state index is 6.03. The van der Waals surface area contributed by atoms with E-state index in [1.165, 1.54) is 11.8 Å². The maximum Gasteiger partial charge on any atom is 0.162 e. The van der Waals surface area contributed by atoms with E-state index in [4.69, 9.17) is 23.2 Å². The Kier molecular flexibility index (Phi) is 3.69. The van der Waals surface area contributed by atoms with E-state index in [-0.39, 0.29) is 0 Å². The molecular formula is C11H8Cl2N2S. The van der Waals surface area contributed by atoms with Crippen LogP contribution >= 0.6 is 35.0 Å². The van der Waals surface area contributed by atoms with Crippen LogP contribution in [0.4, 0.5) is 0 Å². The van der Waals surface area contributed by atoms with Gasteiger partial charge in [-0.1, -0.05) is 53.5 Å². The molecule has 0 saturated heterocycles. The molecule has 2 aromatic rings. The van der Waals surface area contributed by atoms with Crippen LogP contribution < -0.4 is 0 Å². The van der Waals surface area contributed by atoms with E-state index >= 15 is 0 Å². The summed E-state index contributed by atoms with van der Waals surface area (Å²) in [4.78, 5) is 9.16. The second kappa shape index (κ2) is 5.04. The number of hydrogen-bond donors (Lipinski definition) is 0. The van der Waals surface area contributed by atoms with Gasteiger partial charge in [0.2, 0.25) is 0 Å². The molecule has 1 aromatic carbocycles. The summed E-state index contributed by atoms with van der Waals surface area (Å²) in [5, 5.41) is 0.790. The highest BCUT2D eigenvalue weighted by atomic mass is 35.5. The minimum atomic E-state index is 0.395. The van der Waals surface area contributed by atoms with Gasteiger partial charge in [-0.05, 0) is 6.26 Å². The first kappa shape index (κ1) is 11.7. The Balaban J connectivity index is 2.53. The van der Waals surface area contributed by atoms with E-state index in [0.717, 1.165) is 5.56 Å². The summed E-state index contributed by atoms with van der Waals surface area (Å²) in [5.74, 6) is 0.549. The number of benzene rings is 1. The van der Waals surface area contributed by atoms with Gasteiger partial charge in [-0.2, -0.15) is 0 Å². The molecule has 16 heavy (non-hydrogen) atoms. The fourth-order valence-corrected chi connectivity index (χ4v) is 2.56. The van der Waals surface area contributed by atoms with Crippen LogP contribution in [0.2, 0.25) is 10.3 Å². The summed E-state index contributed by atoms with van der Waals surface area (Å²) in [6.45, 7) is 0. The predicted octanol–water partition coefficient (Wildman–Crippen LogP) is 4.17. The summed E-state index contributed by atoms with van der Waals surface area (Å²) in [7, 11) is 0. The van der Waals surface area contributed by atoms with Crippen LogP contribution in [0.5, 0.6) is 0 Å². The molecule has 2 nitrogen and oxygen atoms in total. The van der Waals surface area contributed by atoms with E-state index in [0.29, 0.717) is 21.0 Å². The van der Waals surface area contributed by atoms with Crippen molar-refractivity contribution in [3.63, 3.8) is 0 Å². The largest absolute Gasteiger partial charge is 0.215 e. The minimum absolute atomic E-state index is 0.395. The second-order valence-electron chi connectivity index (χ2n) is 3.03. The fraction of sp³-hybridized carbons (Fsp3) is 0.0909. The van der Waals surface area contributed by atoms with E-state index in [1.807, 2.05) is 36.6 Å². The molecule has 0 unspecified atom stereocenters. The smallest absolute Gasteiger partial charge is 0.162 e. The van der Waals surface area contributed by atoms with E-state index in [1.54, 1.807) is 0 Å². The van der Waals surface area contributed by atoms with Crippen molar-refractivity contribution in [1.82, 2.24) is 9.97 Å². The first-order chi connectivity index (χ1) is 7.72. The molecule has 0 aliphatic rings. The third-order valence-corrected chi connectivity index (χ3v) is 3.59. The average molecular weight is 271 g/mol. The summed E-state index contributed by atoms with van der Waals surface area (Å²) >= 11 is 13.5. The third kappa shape index (κ3) is 2.32. The molecule has 2 rings (SSSR count).